The first-order chi connectivity index (χ1) is 14.3. The van der Waals surface area contributed by atoms with Gasteiger partial charge in [0.05, 0.1) is 10.7 Å². The Hall–Kier alpha value is -3.18. The third kappa shape index (κ3) is 6.71. The first kappa shape index (κ1) is 23.1. The van der Waals surface area contributed by atoms with Crippen molar-refractivity contribution in [2.75, 3.05) is 6.61 Å². The molecule has 8 heteroatoms. The highest BCUT2D eigenvalue weighted by Crippen LogP contribution is 2.25. The van der Waals surface area contributed by atoms with Gasteiger partial charge in [-0.05, 0) is 64.7 Å². The molecule has 1 atom stereocenters. The molecule has 0 saturated heterocycles. The van der Waals surface area contributed by atoms with Crippen molar-refractivity contribution in [1.29, 1.82) is 5.26 Å². The lowest BCUT2D eigenvalue weighted by molar-refractivity contribution is -0.123. The van der Waals surface area contributed by atoms with Crippen molar-refractivity contribution in [1.82, 2.24) is 10.7 Å². The molecule has 0 saturated carbocycles. The Bertz CT molecular complexity index is 965. The van der Waals surface area contributed by atoms with Crippen molar-refractivity contribution >= 4 is 34.0 Å². The summed E-state index contributed by atoms with van der Waals surface area (Å²) in [6, 6.07) is 13.5. The highest BCUT2D eigenvalue weighted by atomic mass is 79.9. The number of nitriles is 1. The Morgan fingerprint density at radius 2 is 1.93 bits per heavy atom. The van der Waals surface area contributed by atoms with Crippen molar-refractivity contribution in [3.63, 3.8) is 0 Å². The number of hydrazone groups is 1. The third-order valence-electron chi connectivity index (χ3n) is 4.19. The minimum absolute atomic E-state index is 0.0486. The molecule has 0 radical (unpaired) electrons. The van der Waals surface area contributed by atoms with Crippen molar-refractivity contribution < 1.29 is 14.3 Å². The van der Waals surface area contributed by atoms with Crippen molar-refractivity contribution in [3.8, 4) is 11.8 Å². The molecular formula is C22H23BrN4O3. The number of halogens is 1. The molecule has 0 aromatic heterocycles. The number of nitrogens with zero attached hydrogens (tertiary/aromatic N) is 2. The van der Waals surface area contributed by atoms with Gasteiger partial charge in [0, 0.05) is 5.56 Å². The number of nitrogens with one attached hydrogen (secondary N) is 2. The maximum atomic E-state index is 12.5. The van der Waals surface area contributed by atoms with E-state index in [-0.39, 0.29) is 18.4 Å². The van der Waals surface area contributed by atoms with E-state index in [1.54, 1.807) is 30.3 Å². The summed E-state index contributed by atoms with van der Waals surface area (Å²) >= 11 is 3.36. The maximum absolute atomic E-state index is 12.5. The van der Waals surface area contributed by atoms with E-state index in [1.807, 2.05) is 39.0 Å². The number of rotatable bonds is 8. The smallest absolute Gasteiger partial charge is 0.262 e. The van der Waals surface area contributed by atoms with E-state index in [0.717, 1.165) is 11.1 Å². The van der Waals surface area contributed by atoms with Crippen LogP contribution in [0.3, 0.4) is 0 Å². The minimum Gasteiger partial charge on any atom is -0.478 e. The van der Waals surface area contributed by atoms with Gasteiger partial charge in [0.25, 0.3) is 11.8 Å². The van der Waals surface area contributed by atoms with Crippen LogP contribution in [-0.2, 0) is 4.79 Å². The molecule has 0 fully saturated rings. The number of hydrogen-bond donors (Lipinski definition) is 2. The summed E-state index contributed by atoms with van der Waals surface area (Å²) < 4.78 is 5.92. The van der Waals surface area contributed by atoms with Crippen LogP contribution in [0.4, 0.5) is 0 Å². The van der Waals surface area contributed by atoms with Gasteiger partial charge in [-0.1, -0.05) is 31.5 Å². The molecule has 0 spiro atoms. The summed E-state index contributed by atoms with van der Waals surface area (Å²) in [4.78, 5) is 25.0. The monoisotopic (exact) mass is 470 g/mol. The Kier molecular flexibility index (Phi) is 8.56. The van der Waals surface area contributed by atoms with E-state index in [4.69, 9.17) is 10.00 Å². The molecule has 1 unspecified atom stereocenters. The van der Waals surface area contributed by atoms with Gasteiger partial charge in [-0.3, -0.25) is 9.59 Å². The van der Waals surface area contributed by atoms with Crippen LogP contribution in [-0.4, -0.2) is 30.7 Å². The molecule has 30 heavy (non-hydrogen) atoms. The Labute approximate surface area is 184 Å². The number of amides is 2. The molecule has 0 aliphatic carbocycles. The van der Waals surface area contributed by atoms with Crippen LogP contribution in [0.25, 0.3) is 0 Å². The summed E-state index contributed by atoms with van der Waals surface area (Å²) in [5.41, 5.74) is 4.73. The van der Waals surface area contributed by atoms with E-state index in [2.05, 4.69) is 31.8 Å². The average molecular weight is 471 g/mol. The molecule has 2 N–H and O–H groups in total. The SMILES string of the molecule is Cc1ccc(C(=O)NC(C(=O)N/N=C\c2ccc(OCC#N)c(Br)c2)C(C)C)cc1. The van der Waals surface area contributed by atoms with Crippen LogP contribution < -0.4 is 15.5 Å². The number of carbonyl (C=O) groups excluding carboxylic acids is 2. The first-order valence-corrected chi connectivity index (χ1v) is 10.1. The van der Waals surface area contributed by atoms with Crippen LogP contribution in [0.2, 0.25) is 0 Å². The highest BCUT2D eigenvalue weighted by Gasteiger charge is 2.24. The zero-order valence-corrected chi connectivity index (χ0v) is 18.6. The van der Waals surface area contributed by atoms with E-state index in [0.29, 0.717) is 15.8 Å². The maximum Gasteiger partial charge on any atom is 0.262 e. The van der Waals surface area contributed by atoms with Crippen LogP contribution in [0.5, 0.6) is 5.75 Å². The van der Waals surface area contributed by atoms with Gasteiger partial charge in [-0.2, -0.15) is 10.4 Å². The predicted molar refractivity (Wildman–Crippen MR) is 118 cm³/mol. The zero-order chi connectivity index (χ0) is 22.1. The molecule has 7 nitrogen and oxygen atoms in total. The fourth-order valence-electron chi connectivity index (χ4n) is 2.53. The zero-order valence-electron chi connectivity index (χ0n) is 17.0. The average Bonchev–Trinajstić information content (AvgIpc) is 2.71. The fourth-order valence-corrected chi connectivity index (χ4v) is 3.04. The second kappa shape index (κ2) is 11.1. The minimum atomic E-state index is -0.732. The number of benzene rings is 2. The number of ether oxygens (including phenoxy) is 1. The van der Waals surface area contributed by atoms with Gasteiger partial charge in [-0.15, -0.1) is 0 Å². The van der Waals surface area contributed by atoms with Gasteiger partial charge < -0.3 is 10.1 Å². The van der Waals surface area contributed by atoms with Crippen molar-refractivity contribution in [2.24, 2.45) is 11.0 Å². The fraction of sp³-hybridized carbons (Fsp3) is 0.273. The van der Waals surface area contributed by atoms with Crippen molar-refractivity contribution in [3.05, 3.63) is 63.6 Å². The lowest BCUT2D eigenvalue weighted by Gasteiger charge is -2.20. The molecule has 2 aromatic carbocycles. The molecule has 2 aromatic rings. The van der Waals surface area contributed by atoms with Gasteiger partial charge in [0.1, 0.15) is 17.9 Å². The number of carbonyl (C=O) groups is 2. The van der Waals surface area contributed by atoms with E-state index in [1.165, 1.54) is 6.21 Å². The van der Waals surface area contributed by atoms with Gasteiger partial charge in [-0.25, -0.2) is 5.43 Å². The topological polar surface area (TPSA) is 104 Å². The molecule has 2 rings (SSSR count). The molecule has 0 bridgehead atoms. The molecule has 0 aliphatic heterocycles. The van der Waals surface area contributed by atoms with Crippen LogP contribution in [0.1, 0.15) is 35.3 Å². The summed E-state index contributed by atoms with van der Waals surface area (Å²) in [5, 5.41) is 15.3. The molecule has 2 amide bonds. The highest BCUT2D eigenvalue weighted by molar-refractivity contribution is 9.10. The summed E-state index contributed by atoms with van der Waals surface area (Å²) in [6.45, 7) is 5.59. The number of hydrogen-bond acceptors (Lipinski definition) is 5. The molecular weight excluding hydrogens is 448 g/mol. The second-order valence-electron chi connectivity index (χ2n) is 6.93. The van der Waals surface area contributed by atoms with Gasteiger partial charge in [0.15, 0.2) is 6.61 Å². The lowest BCUT2D eigenvalue weighted by atomic mass is 10.0. The van der Waals surface area contributed by atoms with Gasteiger partial charge in [0.2, 0.25) is 0 Å². The van der Waals surface area contributed by atoms with Gasteiger partial charge >= 0.3 is 0 Å². The standard InChI is InChI=1S/C22H23BrN4O3/c1-14(2)20(26-21(28)17-7-4-15(3)5-8-17)22(29)27-25-13-16-6-9-19(18(23)12-16)30-11-10-24/h4-9,12-14,20H,11H2,1-3H3,(H,26,28)(H,27,29)/b25-13-. The van der Waals surface area contributed by atoms with Crippen LogP contribution >= 0.6 is 15.9 Å². The second-order valence-corrected chi connectivity index (χ2v) is 7.79. The van der Waals surface area contributed by atoms with Crippen LogP contribution in [0, 0.1) is 24.2 Å². The van der Waals surface area contributed by atoms with Crippen LogP contribution in [0.15, 0.2) is 52.0 Å². The largest absolute Gasteiger partial charge is 0.478 e. The lowest BCUT2D eigenvalue weighted by Crippen LogP contribution is -2.48. The third-order valence-corrected chi connectivity index (χ3v) is 4.81. The first-order valence-electron chi connectivity index (χ1n) is 9.31. The normalized spacial score (nSPS) is 11.7. The molecule has 0 aliphatic rings. The summed E-state index contributed by atoms with van der Waals surface area (Å²) in [6.07, 6.45) is 1.48. The molecule has 156 valence electrons. The quantitative estimate of drug-likeness (QED) is 0.454. The van der Waals surface area contributed by atoms with E-state index >= 15 is 0 Å². The Morgan fingerprint density at radius 3 is 2.53 bits per heavy atom. The van der Waals surface area contributed by atoms with E-state index < -0.39 is 11.9 Å². The summed E-state index contributed by atoms with van der Waals surface area (Å²) in [7, 11) is 0. The predicted octanol–water partition coefficient (Wildman–Crippen LogP) is 3.56. The summed E-state index contributed by atoms with van der Waals surface area (Å²) in [5.74, 6) is -0.309. The van der Waals surface area contributed by atoms with E-state index in [9.17, 15) is 9.59 Å². The van der Waals surface area contributed by atoms with Crippen molar-refractivity contribution in [2.45, 2.75) is 26.8 Å². The molecule has 0 heterocycles. The Morgan fingerprint density at radius 1 is 1.23 bits per heavy atom. The Balaban J connectivity index is 1.99. The number of aryl methyl sites for hydroxylation is 1.